The molecule has 0 radical (unpaired) electrons. The van der Waals surface area contributed by atoms with Crippen molar-refractivity contribution in [2.75, 3.05) is 14.1 Å². The van der Waals surface area contributed by atoms with Crippen molar-refractivity contribution in [1.29, 1.82) is 0 Å². The van der Waals surface area contributed by atoms with Crippen LogP contribution in [-0.4, -0.2) is 47.6 Å². The number of rotatable bonds is 5. The van der Waals surface area contributed by atoms with Gasteiger partial charge in [0, 0.05) is 7.05 Å². The summed E-state index contributed by atoms with van der Waals surface area (Å²) in [5, 5.41) is 12.0. The third kappa shape index (κ3) is 3.22. The van der Waals surface area contributed by atoms with Gasteiger partial charge in [-0.2, -0.15) is 0 Å². The Morgan fingerprint density at radius 2 is 1.89 bits per heavy atom. The first-order chi connectivity index (χ1) is 8.43. The fourth-order valence-corrected chi connectivity index (χ4v) is 2.77. The lowest BCUT2D eigenvalue weighted by Gasteiger charge is -2.44. The summed E-state index contributed by atoms with van der Waals surface area (Å²) in [7, 11) is 3.48. The summed E-state index contributed by atoms with van der Waals surface area (Å²) in [5.74, 6) is -0.852. The molecule has 5 heteroatoms. The quantitative estimate of drug-likeness (QED) is 0.776. The van der Waals surface area contributed by atoms with Crippen molar-refractivity contribution in [2.45, 2.75) is 57.0 Å². The number of nitrogens with zero attached hydrogens (tertiary/aromatic N) is 1. The van der Waals surface area contributed by atoms with Gasteiger partial charge in [0.1, 0.15) is 0 Å². The number of carboxylic acids is 1. The van der Waals surface area contributed by atoms with E-state index in [0.29, 0.717) is 0 Å². The first kappa shape index (κ1) is 15.0. The van der Waals surface area contributed by atoms with E-state index in [0.717, 1.165) is 32.1 Å². The Kier molecular flexibility index (Phi) is 5.14. The molecular weight excluding hydrogens is 232 g/mol. The van der Waals surface area contributed by atoms with E-state index in [1.807, 2.05) is 0 Å². The van der Waals surface area contributed by atoms with Crippen LogP contribution in [0.5, 0.6) is 0 Å². The average molecular weight is 256 g/mol. The summed E-state index contributed by atoms with van der Waals surface area (Å²) in [4.78, 5) is 25.0. The molecule has 2 N–H and O–H groups in total. The zero-order valence-electron chi connectivity index (χ0n) is 11.5. The van der Waals surface area contributed by atoms with Crippen molar-refractivity contribution >= 4 is 11.9 Å². The molecule has 0 saturated heterocycles. The van der Waals surface area contributed by atoms with Gasteiger partial charge in [0.2, 0.25) is 5.91 Å². The Morgan fingerprint density at radius 1 is 1.33 bits per heavy atom. The summed E-state index contributed by atoms with van der Waals surface area (Å²) in [6.07, 6.45) is 4.75. The number of carbonyl (C=O) groups excluding carboxylic acids is 1. The first-order valence-corrected chi connectivity index (χ1v) is 6.60. The third-order valence-electron chi connectivity index (χ3n) is 4.11. The van der Waals surface area contributed by atoms with Crippen LogP contribution in [0.3, 0.4) is 0 Å². The lowest BCUT2D eigenvalue weighted by atomic mass is 9.78. The predicted octanol–water partition coefficient (Wildman–Crippen LogP) is 1.23. The van der Waals surface area contributed by atoms with Crippen molar-refractivity contribution < 1.29 is 14.7 Å². The molecule has 1 aliphatic rings. The summed E-state index contributed by atoms with van der Waals surface area (Å²) in [6, 6.07) is -0.275. The maximum absolute atomic E-state index is 12.2. The molecular formula is C13H24N2O3. The molecule has 18 heavy (non-hydrogen) atoms. The summed E-state index contributed by atoms with van der Waals surface area (Å²) < 4.78 is 0. The second kappa shape index (κ2) is 6.18. The van der Waals surface area contributed by atoms with E-state index in [1.165, 1.54) is 0 Å². The third-order valence-corrected chi connectivity index (χ3v) is 4.11. The Balaban J connectivity index is 2.88. The predicted molar refractivity (Wildman–Crippen MR) is 69.4 cm³/mol. The maximum atomic E-state index is 12.2. The van der Waals surface area contributed by atoms with Crippen LogP contribution in [0.4, 0.5) is 0 Å². The normalized spacial score (nSPS) is 20.2. The van der Waals surface area contributed by atoms with E-state index >= 15 is 0 Å². The number of nitrogens with one attached hydrogen (secondary N) is 1. The van der Waals surface area contributed by atoms with E-state index in [2.05, 4.69) is 5.32 Å². The van der Waals surface area contributed by atoms with E-state index in [1.54, 1.807) is 25.9 Å². The van der Waals surface area contributed by atoms with Gasteiger partial charge in [-0.1, -0.05) is 19.3 Å². The topological polar surface area (TPSA) is 69.6 Å². The van der Waals surface area contributed by atoms with Crippen LogP contribution in [0.1, 0.15) is 45.4 Å². The van der Waals surface area contributed by atoms with Gasteiger partial charge >= 0.3 is 5.97 Å². The number of hydrogen-bond acceptors (Lipinski definition) is 3. The molecule has 0 aromatic heterocycles. The van der Waals surface area contributed by atoms with Crippen molar-refractivity contribution in [3.63, 3.8) is 0 Å². The van der Waals surface area contributed by atoms with Crippen LogP contribution in [0.25, 0.3) is 0 Å². The van der Waals surface area contributed by atoms with Crippen molar-refractivity contribution in [2.24, 2.45) is 0 Å². The second-order valence-electron chi connectivity index (χ2n) is 5.26. The van der Waals surface area contributed by atoms with Gasteiger partial charge in [0.25, 0.3) is 0 Å². The molecule has 5 nitrogen and oxygen atoms in total. The first-order valence-electron chi connectivity index (χ1n) is 6.60. The van der Waals surface area contributed by atoms with Gasteiger partial charge in [-0.15, -0.1) is 0 Å². The van der Waals surface area contributed by atoms with Gasteiger partial charge in [0.05, 0.1) is 18.0 Å². The fourth-order valence-electron chi connectivity index (χ4n) is 2.77. The molecule has 0 bridgehead atoms. The summed E-state index contributed by atoms with van der Waals surface area (Å²) >= 11 is 0. The minimum absolute atomic E-state index is 0.0272. The fraction of sp³-hybridized carbons (Fsp3) is 0.846. The molecule has 1 atom stereocenters. The van der Waals surface area contributed by atoms with Gasteiger partial charge in [-0.05, 0) is 26.8 Å². The van der Waals surface area contributed by atoms with E-state index in [4.69, 9.17) is 5.11 Å². The second-order valence-corrected chi connectivity index (χ2v) is 5.26. The zero-order chi connectivity index (χ0) is 13.8. The minimum Gasteiger partial charge on any atom is -0.481 e. The number of aliphatic carboxylic acids is 1. The number of likely N-dealkylation sites (N-methyl/N-ethyl adjacent to an activating group) is 2. The summed E-state index contributed by atoms with van der Waals surface area (Å²) in [6.45, 7) is 1.80. The van der Waals surface area contributed by atoms with Gasteiger partial charge in [-0.25, -0.2) is 0 Å². The van der Waals surface area contributed by atoms with E-state index in [-0.39, 0.29) is 18.4 Å². The molecule has 1 unspecified atom stereocenters. The molecule has 1 rings (SSSR count). The lowest BCUT2D eigenvalue weighted by Crippen LogP contribution is -2.56. The smallest absolute Gasteiger partial charge is 0.305 e. The molecule has 0 heterocycles. The van der Waals surface area contributed by atoms with Crippen molar-refractivity contribution in [1.82, 2.24) is 10.2 Å². The molecule has 1 amide bonds. The number of carboxylic acid groups (broad SMARTS) is 1. The molecule has 0 spiro atoms. The largest absolute Gasteiger partial charge is 0.481 e. The number of carbonyl (C=O) groups is 2. The van der Waals surface area contributed by atoms with Gasteiger partial charge in [0.15, 0.2) is 0 Å². The molecule has 1 saturated carbocycles. The lowest BCUT2D eigenvalue weighted by molar-refractivity contribution is -0.146. The van der Waals surface area contributed by atoms with Crippen LogP contribution in [0.2, 0.25) is 0 Å². The SMILES string of the molecule is CNC(C)C(=O)N(C)C1(CC(=O)O)CCCCC1. The van der Waals surface area contributed by atoms with Crippen LogP contribution in [0, 0.1) is 0 Å². The molecule has 0 aromatic carbocycles. The Bertz CT molecular complexity index is 311. The molecule has 0 aromatic rings. The zero-order valence-corrected chi connectivity index (χ0v) is 11.5. The van der Waals surface area contributed by atoms with Gasteiger partial charge in [-0.3, -0.25) is 9.59 Å². The molecule has 0 aliphatic heterocycles. The van der Waals surface area contributed by atoms with Crippen LogP contribution in [0.15, 0.2) is 0 Å². The highest BCUT2D eigenvalue weighted by molar-refractivity contribution is 5.82. The molecule has 1 fully saturated rings. The Hall–Kier alpha value is -1.10. The standard InChI is InChI=1S/C13H24N2O3/c1-10(14-2)12(18)15(3)13(9-11(16)17)7-5-4-6-8-13/h10,14H,4-9H2,1-3H3,(H,16,17). The summed E-state index contributed by atoms with van der Waals surface area (Å²) in [5.41, 5.74) is -0.494. The van der Waals surface area contributed by atoms with Gasteiger partial charge < -0.3 is 15.3 Å². The number of hydrogen-bond donors (Lipinski definition) is 2. The van der Waals surface area contributed by atoms with Crippen molar-refractivity contribution in [3.05, 3.63) is 0 Å². The number of amides is 1. The highest BCUT2D eigenvalue weighted by atomic mass is 16.4. The highest BCUT2D eigenvalue weighted by Gasteiger charge is 2.41. The highest BCUT2D eigenvalue weighted by Crippen LogP contribution is 2.36. The monoisotopic (exact) mass is 256 g/mol. The maximum Gasteiger partial charge on any atom is 0.305 e. The Labute approximate surface area is 109 Å². The average Bonchev–Trinajstić information content (AvgIpc) is 2.36. The molecule has 1 aliphatic carbocycles. The van der Waals surface area contributed by atoms with Crippen molar-refractivity contribution in [3.8, 4) is 0 Å². The van der Waals surface area contributed by atoms with Crippen LogP contribution in [-0.2, 0) is 9.59 Å². The van der Waals surface area contributed by atoms with Crippen LogP contribution < -0.4 is 5.32 Å². The van der Waals surface area contributed by atoms with E-state index < -0.39 is 11.5 Å². The minimum atomic E-state index is -0.825. The van der Waals surface area contributed by atoms with Crippen LogP contribution >= 0.6 is 0 Å². The van der Waals surface area contributed by atoms with E-state index in [9.17, 15) is 9.59 Å². The Morgan fingerprint density at radius 3 is 2.33 bits per heavy atom. The molecule has 104 valence electrons.